The second-order valence-electron chi connectivity index (χ2n) is 6.77. The molecular formula is C22H21NO3S2. The first-order chi connectivity index (χ1) is 13.5. The fourth-order valence-corrected chi connectivity index (χ4v) is 6.45. The quantitative estimate of drug-likeness (QED) is 0.597. The van der Waals surface area contributed by atoms with Crippen LogP contribution in [0.5, 0.6) is 0 Å². The van der Waals surface area contributed by atoms with E-state index in [1.54, 1.807) is 46.6 Å². The molecule has 4 nitrogen and oxygen atoms in total. The average molecular weight is 412 g/mol. The molecule has 1 unspecified atom stereocenters. The van der Waals surface area contributed by atoms with Gasteiger partial charge in [0.25, 0.3) is 10.0 Å². The van der Waals surface area contributed by atoms with Crippen molar-refractivity contribution in [2.24, 2.45) is 0 Å². The first kappa shape index (κ1) is 18.9. The summed E-state index contributed by atoms with van der Waals surface area (Å²) < 4.78 is 34.0. The highest BCUT2D eigenvalue weighted by molar-refractivity contribution is 8.04. The summed E-state index contributed by atoms with van der Waals surface area (Å²) in [5.41, 5.74) is 2.15. The van der Waals surface area contributed by atoms with Crippen molar-refractivity contribution in [3.05, 3.63) is 94.9 Å². The smallest absolute Gasteiger partial charge is 0.265 e. The third kappa shape index (κ3) is 3.88. The topological polar surface area (TPSA) is 50.5 Å². The molecule has 1 saturated heterocycles. The second kappa shape index (κ2) is 7.89. The molecule has 0 bridgehead atoms. The maximum Gasteiger partial charge on any atom is 0.265 e. The van der Waals surface area contributed by atoms with Crippen molar-refractivity contribution in [2.45, 2.75) is 24.3 Å². The maximum absolute atomic E-state index is 13.5. The Morgan fingerprint density at radius 3 is 2.50 bits per heavy atom. The minimum atomic E-state index is -3.67. The van der Waals surface area contributed by atoms with Gasteiger partial charge >= 0.3 is 0 Å². The molecular weight excluding hydrogens is 390 g/mol. The lowest BCUT2D eigenvalue weighted by Crippen LogP contribution is -2.37. The SMILES string of the molecule is Cc1ccc(S(=O)(=O)N2C(=Cc3ccco3)SCC2Cc2ccccc2)cc1. The Morgan fingerprint density at radius 1 is 1.07 bits per heavy atom. The minimum Gasteiger partial charge on any atom is -0.465 e. The number of thioether (sulfide) groups is 1. The molecule has 6 heteroatoms. The van der Waals surface area contributed by atoms with Gasteiger partial charge in [0.1, 0.15) is 5.76 Å². The summed E-state index contributed by atoms with van der Waals surface area (Å²) >= 11 is 1.55. The average Bonchev–Trinajstić information content (AvgIpc) is 3.34. The number of hydrogen-bond acceptors (Lipinski definition) is 4. The third-order valence-corrected chi connectivity index (χ3v) is 7.83. The van der Waals surface area contributed by atoms with Crippen molar-refractivity contribution in [3.8, 4) is 0 Å². The number of furan rings is 1. The summed E-state index contributed by atoms with van der Waals surface area (Å²) in [6.45, 7) is 1.95. The Hall–Kier alpha value is -2.44. The first-order valence-corrected chi connectivity index (χ1v) is 11.5. The van der Waals surface area contributed by atoms with E-state index < -0.39 is 10.0 Å². The largest absolute Gasteiger partial charge is 0.465 e. The summed E-state index contributed by atoms with van der Waals surface area (Å²) in [7, 11) is -3.67. The minimum absolute atomic E-state index is 0.153. The highest BCUT2D eigenvalue weighted by atomic mass is 32.2. The Kier molecular flexibility index (Phi) is 5.33. The van der Waals surface area contributed by atoms with Crippen molar-refractivity contribution < 1.29 is 12.8 Å². The van der Waals surface area contributed by atoms with Gasteiger partial charge in [-0.1, -0.05) is 48.0 Å². The van der Waals surface area contributed by atoms with Crippen LogP contribution in [0.25, 0.3) is 6.08 Å². The van der Waals surface area contributed by atoms with Crippen LogP contribution in [0.1, 0.15) is 16.9 Å². The van der Waals surface area contributed by atoms with Crippen LogP contribution in [0.15, 0.2) is 87.3 Å². The van der Waals surface area contributed by atoms with E-state index in [1.807, 2.05) is 55.5 Å². The van der Waals surface area contributed by atoms with E-state index in [1.165, 1.54) is 0 Å². The summed E-state index contributed by atoms with van der Waals surface area (Å²) in [5.74, 6) is 1.35. The van der Waals surface area contributed by atoms with Gasteiger partial charge in [-0.3, -0.25) is 4.31 Å². The number of aryl methyl sites for hydroxylation is 1. The van der Waals surface area contributed by atoms with Crippen LogP contribution in [0.4, 0.5) is 0 Å². The van der Waals surface area contributed by atoms with Crippen molar-refractivity contribution in [3.63, 3.8) is 0 Å². The molecule has 1 aromatic heterocycles. The van der Waals surface area contributed by atoms with E-state index >= 15 is 0 Å². The van der Waals surface area contributed by atoms with Crippen LogP contribution in [0.3, 0.4) is 0 Å². The molecule has 1 aliphatic rings. The van der Waals surface area contributed by atoms with E-state index in [0.717, 1.165) is 11.1 Å². The lowest BCUT2D eigenvalue weighted by Gasteiger charge is -2.26. The Labute approximate surface area is 169 Å². The van der Waals surface area contributed by atoms with Gasteiger partial charge in [0.15, 0.2) is 0 Å². The molecule has 28 heavy (non-hydrogen) atoms. The van der Waals surface area contributed by atoms with Crippen LogP contribution in [0.2, 0.25) is 0 Å². The van der Waals surface area contributed by atoms with Crippen LogP contribution >= 0.6 is 11.8 Å². The fraction of sp³-hybridized carbons (Fsp3) is 0.182. The van der Waals surface area contributed by atoms with Crippen LogP contribution in [-0.4, -0.2) is 24.5 Å². The molecule has 0 amide bonds. The van der Waals surface area contributed by atoms with Gasteiger partial charge in [-0.2, -0.15) is 0 Å². The second-order valence-corrected chi connectivity index (χ2v) is 9.62. The number of rotatable bonds is 5. The third-order valence-electron chi connectivity index (χ3n) is 4.67. The number of benzene rings is 2. The molecule has 1 fully saturated rings. The zero-order valence-corrected chi connectivity index (χ0v) is 17.1. The van der Waals surface area contributed by atoms with Crippen LogP contribution < -0.4 is 0 Å². The molecule has 0 spiro atoms. The van der Waals surface area contributed by atoms with Gasteiger partial charge < -0.3 is 4.42 Å². The van der Waals surface area contributed by atoms with E-state index in [9.17, 15) is 8.42 Å². The lowest BCUT2D eigenvalue weighted by atomic mass is 10.1. The zero-order valence-electron chi connectivity index (χ0n) is 15.5. The molecule has 144 valence electrons. The monoisotopic (exact) mass is 411 g/mol. The van der Waals surface area contributed by atoms with E-state index in [2.05, 4.69) is 0 Å². The Bertz CT molecular complexity index is 1060. The Morgan fingerprint density at radius 2 is 1.82 bits per heavy atom. The van der Waals surface area contributed by atoms with Crippen molar-refractivity contribution in [1.29, 1.82) is 0 Å². The molecule has 1 atom stereocenters. The molecule has 0 aliphatic carbocycles. The number of nitrogens with zero attached hydrogens (tertiary/aromatic N) is 1. The lowest BCUT2D eigenvalue weighted by molar-refractivity contribution is 0.429. The normalized spacial score (nSPS) is 18.7. The van der Waals surface area contributed by atoms with Crippen molar-refractivity contribution in [2.75, 3.05) is 5.75 Å². The summed E-state index contributed by atoms with van der Waals surface area (Å²) in [6.07, 6.45) is 4.06. The van der Waals surface area contributed by atoms with E-state index in [-0.39, 0.29) is 6.04 Å². The van der Waals surface area contributed by atoms with E-state index in [4.69, 9.17) is 4.42 Å². The van der Waals surface area contributed by atoms with Crippen molar-refractivity contribution in [1.82, 2.24) is 4.31 Å². The van der Waals surface area contributed by atoms with Gasteiger partial charge in [-0.15, -0.1) is 11.8 Å². The molecule has 0 N–H and O–H groups in total. The zero-order chi connectivity index (χ0) is 19.6. The molecule has 4 rings (SSSR count). The molecule has 3 aromatic rings. The van der Waals surface area contributed by atoms with Gasteiger partial charge in [-0.25, -0.2) is 8.42 Å². The number of sulfonamides is 1. The first-order valence-electron chi connectivity index (χ1n) is 9.07. The molecule has 2 aromatic carbocycles. The highest BCUT2D eigenvalue weighted by Gasteiger charge is 2.38. The van der Waals surface area contributed by atoms with Crippen LogP contribution in [-0.2, 0) is 16.4 Å². The highest BCUT2D eigenvalue weighted by Crippen LogP contribution is 2.40. The fourth-order valence-electron chi connectivity index (χ4n) is 3.26. The predicted octanol–water partition coefficient (Wildman–Crippen LogP) is 4.94. The van der Waals surface area contributed by atoms with Gasteiger partial charge in [-0.05, 0) is 43.2 Å². The number of hydrogen-bond donors (Lipinski definition) is 0. The molecule has 2 heterocycles. The summed E-state index contributed by atoms with van der Waals surface area (Å²) in [4.78, 5) is 0.309. The van der Waals surface area contributed by atoms with Gasteiger partial charge in [0.2, 0.25) is 0 Å². The van der Waals surface area contributed by atoms with Gasteiger partial charge in [0, 0.05) is 11.8 Å². The predicted molar refractivity (Wildman–Crippen MR) is 113 cm³/mol. The summed E-state index contributed by atoms with van der Waals surface area (Å²) in [6, 6.07) is 20.5. The van der Waals surface area contributed by atoms with Gasteiger partial charge in [0.05, 0.1) is 22.2 Å². The standard InChI is InChI=1S/C22H21NO3S2/c1-17-9-11-21(12-10-17)28(24,25)23-19(14-18-6-3-2-4-7-18)16-27-22(23)15-20-8-5-13-26-20/h2-13,15,19H,14,16H2,1H3. The Balaban J connectivity index is 1.74. The van der Waals surface area contributed by atoms with Crippen LogP contribution in [0, 0.1) is 6.92 Å². The molecule has 0 radical (unpaired) electrons. The van der Waals surface area contributed by atoms with E-state index in [0.29, 0.717) is 27.9 Å². The molecule has 1 aliphatic heterocycles. The summed E-state index contributed by atoms with van der Waals surface area (Å²) in [5, 5.41) is 0.691. The molecule has 0 saturated carbocycles. The maximum atomic E-state index is 13.5. The van der Waals surface area contributed by atoms with Crippen molar-refractivity contribution >= 4 is 27.9 Å².